The molecule has 1 aliphatic heterocycles. The van der Waals surface area contributed by atoms with Crippen LogP contribution in [0.1, 0.15) is 33.8 Å². The number of fused-ring (bicyclic) bond motifs is 2. The first-order chi connectivity index (χ1) is 15.7. The molecule has 0 aliphatic carbocycles. The second-order valence-electron chi connectivity index (χ2n) is 7.30. The van der Waals surface area contributed by atoms with Gasteiger partial charge in [0.15, 0.2) is 11.5 Å². The number of carbonyl (C=O) groups is 1. The van der Waals surface area contributed by atoms with Crippen molar-refractivity contribution in [1.29, 1.82) is 0 Å². The van der Waals surface area contributed by atoms with Gasteiger partial charge in [-0.3, -0.25) is 4.79 Å². The van der Waals surface area contributed by atoms with Gasteiger partial charge in [0.25, 0.3) is 5.89 Å². The molecular formula is C21H15FN8O2. The summed E-state index contributed by atoms with van der Waals surface area (Å²) in [5.74, 6) is -1.52. The molecule has 0 saturated heterocycles. The average molecular weight is 430 g/mol. The van der Waals surface area contributed by atoms with E-state index in [1.54, 1.807) is 15.7 Å². The molecule has 5 aromatic heterocycles. The van der Waals surface area contributed by atoms with Crippen LogP contribution in [0.2, 0.25) is 0 Å². The van der Waals surface area contributed by atoms with Gasteiger partial charge in [-0.15, -0.1) is 10.2 Å². The van der Waals surface area contributed by atoms with E-state index in [0.29, 0.717) is 24.4 Å². The topological polar surface area (TPSA) is 118 Å². The van der Waals surface area contributed by atoms with Gasteiger partial charge in [0.05, 0.1) is 23.2 Å². The van der Waals surface area contributed by atoms with E-state index < -0.39 is 17.8 Å². The Labute approximate surface area is 179 Å². The third kappa shape index (κ3) is 2.86. The van der Waals surface area contributed by atoms with Crippen molar-refractivity contribution in [3.63, 3.8) is 0 Å². The number of carbonyl (C=O) groups excluding carboxylic acids is 1. The summed E-state index contributed by atoms with van der Waals surface area (Å²) in [6.45, 7) is 0.391. The minimum Gasteiger partial charge on any atom is -0.411 e. The van der Waals surface area contributed by atoms with E-state index in [-0.39, 0.29) is 17.5 Å². The lowest BCUT2D eigenvalue weighted by Crippen LogP contribution is -2.41. The summed E-state index contributed by atoms with van der Waals surface area (Å²) < 4.78 is 21.3. The van der Waals surface area contributed by atoms with Crippen LogP contribution in [0.4, 0.5) is 4.39 Å². The molecule has 0 spiro atoms. The molecule has 158 valence electrons. The number of H-pyrrole nitrogens is 1. The molecule has 1 N–H and O–H groups in total. The van der Waals surface area contributed by atoms with E-state index in [4.69, 9.17) is 4.42 Å². The molecule has 5 aromatic rings. The maximum absolute atomic E-state index is 14.0. The standard InChI is InChI=1S/C21H15FN8O2/c22-13-5-3-7-23-16(13)19-26-27-20(32-19)21(31)29-9-6-14-17(25-11-24-14)18(29)15-10-12-4-1-2-8-30(12)28-15/h1-5,7-8,10-11,18H,6,9H2,(H,24,25). The lowest BCUT2D eigenvalue weighted by molar-refractivity contribution is 0.0646. The van der Waals surface area contributed by atoms with Crippen LogP contribution in [0.3, 0.4) is 0 Å². The molecule has 6 heterocycles. The number of halogens is 1. The first kappa shape index (κ1) is 18.4. The highest BCUT2D eigenvalue weighted by molar-refractivity contribution is 5.90. The van der Waals surface area contributed by atoms with Crippen molar-refractivity contribution in [2.24, 2.45) is 0 Å². The highest BCUT2D eigenvalue weighted by Crippen LogP contribution is 2.34. The van der Waals surface area contributed by atoms with Crippen LogP contribution >= 0.6 is 0 Å². The fourth-order valence-electron chi connectivity index (χ4n) is 3.96. The van der Waals surface area contributed by atoms with Gasteiger partial charge in [-0.1, -0.05) is 6.07 Å². The van der Waals surface area contributed by atoms with Gasteiger partial charge in [0.2, 0.25) is 0 Å². The minimum absolute atomic E-state index is 0.107. The maximum Gasteiger partial charge on any atom is 0.312 e. The molecule has 1 aliphatic rings. The smallest absolute Gasteiger partial charge is 0.312 e. The summed E-state index contributed by atoms with van der Waals surface area (Å²) in [5.41, 5.74) is 3.10. The van der Waals surface area contributed by atoms with Crippen molar-refractivity contribution in [2.75, 3.05) is 6.54 Å². The molecule has 10 nitrogen and oxygen atoms in total. The zero-order valence-corrected chi connectivity index (χ0v) is 16.5. The second kappa shape index (κ2) is 7.08. The first-order valence-electron chi connectivity index (χ1n) is 9.91. The Bertz CT molecular complexity index is 1420. The quantitative estimate of drug-likeness (QED) is 0.467. The predicted molar refractivity (Wildman–Crippen MR) is 108 cm³/mol. The Morgan fingerprint density at radius 3 is 3.00 bits per heavy atom. The summed E-state index contributed by atoms with van der Waals surface area (Å²) >= 11 is 0. The van der Waals surface area contributed by atoms with Crippen LogP contribution in [-0.4, -0.2) is 52.1 Å². The normalized spacial score (nSPS) is 15.8. The van der Waals surface area contributed by atoms with Crippen LogP contribution < -0.4 is 0 Å². The number of pyridine rings is 2. The number of imidazole rings is 1. The van der Waals surface area contributed by atoms with Crippen molar-refractivity contribution in [1.82, 2.24) is 39.7 Å². The Kier molecular flexibility index (Phi) is 4.06. The van der Waals surface area contributed by atoms with Gasteiger partial charge in [-0.05, 0) is 30.3 Å². The highest BCUT2D eigenvalue weighted by Gasteiger charge is 2.38. The Hall–Kier alpha value is -4.41. The number of aromatic nitrogens is 7. The summed E-state index contributed by atoms with van der Waals surface area (Å²) in [5, 5.41) is 12.3. The minimum atomic E-state index is -0.614. The molecular weight excluding hydrogens is 415 g/mol. The maximum atomic E-state index is 14.0. The van der Waals surface area contributed by atoms with E-state index in [1.165, 1.54) is 18.3 Å². The SMILES string of the molecule is O=C(c1nnc(-c2ncccc2F)o1)N1CCc2[nH]cnc2C1c1cc2ccccn2n1. The van der Waals surface area contributed by atoms with Crippen molar-refractivity contribution in [3.8, 4) is 11.6 Å². The number of amides is 1. The van der Waals surface area contributed by atoms with Crippen LogP contribution in [0.5, 0.6) is 0 Å². The summed E-state index contributed by atoms with van der Waals surface area (Å²) in [4.78, 5) is 26.5. The molecule has 1 atom stereocenters. The van der Waals surface area contributed by atoms with Gasteiger partial charge < -0.3 is 14.3 Å². The second-order valence-corrected chi connectivity index (χ2v) is 7.30. The summed E-state index contributed by atoms with van der Waals surface area (Å²) in [6, 6.07) is 9.79. The third-order valence-electron chi connectivity index (χ3n) is 5.42. The van der Waals surface area contributed by atoms with Crippen LogP contribution in [0, 0.1) is 5.82 Å². The van der Waals surface area contributed by atoms with Crippen LogP contribution in [0.25, 0.3) is 17.1 Å². The Morgan fingerprint density at radius 1 is 1.19 bits per heavy atom. The van der Waals surface area contributed by atoms with E-state index in [0.717, 1.165) is 11.2 Å². The van der Waals surface area contributed by atoms with E-state index >= 15 is 0 Å². The van der Waals surface area contributed by atoms with E-state index in [1.807, 2.05) is 30.5 Å². The molecule has 0 fully saturated rings. The van der Waals surface area contributed by atoms with Gasteiger partial charge >= 0.3 is 11.8 Å². The highest BCUT2D eigenvalue weighted by atomic mass is 19.1. The zero-order valence-electron chi connectivity index (χ0n) is 16.5. The molecule has 0 saturated carbocycles. The molecule has 11 heteroatoms. The van der Waals surface area contributed by atoms with E-state index in [9.17, 15) is 9.18 Å². The van der Waals surface area contributed by atoms with Crippen molar-refractivity contribution in [3.05, 3.63) is 83.9 Å². The van der Waals surface area contributed by atoms with Gasteiger partial charge in [-0.2, -0.15) is 5.10 Å². The molecule has 1 amide bonds. The number of aromatic amines is 1. The number of hydrogen-bond acceptors (Lipinski definition) is 7. The summed E-state index contributed by atoms with van der Waals surface area (Å²) in [7, 11) is 0. The number of nitrogens with one attached hydrogen (secondary N) is 1. The summed E-state index contributed by atoms with van der Waals surface area (Å²) in [6.07, 6.45) is 5.44. The van der Waals surface area contributed by atoms with Crippen LogP contribution in [0.15, 0.2) is 59.5 Å². The van der Waals surface area contributed by atoms with Crippen molar-refractivity contribution in [2.45, 2.75) is 12.5 Å². The Balaban J connectivity index is 1.40. The zero-order chi connectivity index (χ0) is 21.7. The monoisotopic (exact) mass is 430 g/mol. The Morgan fingerprint density at radius 2 is 2.12 bits per heavy atom. The average Bonchev–Trinajstić information content (AvgIpc) is 3.57. The van der Waals surface area contributed by atoms with E-state index in [2.05, 4.69) is 30.2 Å². The third-order valence-corrected chi connectivity index (χ3v) is 5.42. The van der Waals surface area contributed by atoms with Crippen molar-refractivity contribution < 1.29 is 13.6 Å². The predicted octanol–water partition coefficient (Wildman–Crippen LogP) is 2.43. The molecule has 0 radical (unpaired) electrons. The molecule has 6 rings (SSSR count). The lowest BCUT2D eigenvalue weighted by atomic mass is 9.99. The number of rotatable bonds is 3. The first-order valence-corrected chi connectivity index (χ1v) is 9.91. The number of hydrogen-bond donors (Lipinski definition) is 1. The fraction of sp³-hybridized carbons (Fsp3) is 0.143. The van der Waals surface area contributed by atoms with Crippen molar-refractivity contribution >= 4 is 11.4 Å². The largest absolute Gasteiger partial charge is 0.411 e. The lowest BCUT2D eigenvalue weighted by Gasteiger charge is -2.32. The van der Waals surface area contributed by atoms with Gasteiger partial charge in [0.1, 0.15) is 6.04 Å². The molecule has 1 unspecified atom stereocenters. The van der Waals surface area contributed by atoms with Crippen LogP contribution in [-0.2, 0) is 6.42 Å². The molecule has 0 aromatic carbocycles. The van der Waals surface area contributed by atoms with Gasteiger partial charge in [-0.25, -0.2) is 18.9 Å². The molecule has 0 bridgehead atoms. The van der Waals surface area contributed by atoms with Gasteiger partial charge in [0, 0.05) is 31.1 Å². The number of nitrogens with zero attached hydrogens (tertiary/aromatic N) is 7. The molecule has 32 heavy (non-hydrogen) atoms. The fourth-order valence-corrected chi connectivity index (χ4v) is 3.96.